The predicted octanol–water partition coefficient (Wildman–Crippen LogP) is -0.145. The molecule has 5 heteroatoms. The maximum Gasteiger partial charge on any atom is 0.0962 e. The smallest absolute Gasteiger partial charge is 0.0962 e. The van der Waals surface area contributed by atoms with Crippen molar-refractivity contribution in [2.45, 2.75) is 13.1 Å². The van der Waals surface area contributed by atoms with Crippen LogP contribution in [0.15, 0.2) is 18.9 Å². The summed E-state index contributed by atoms with van der Waals surface area (Å²) in [5, 5.41) is 7.86. The van der Waals surface area contributed by atoms with Crippen LogP contribution in [-0.2, 0) is 13.1 Å². The largest absolute Gasteiger partial charge is 0.325 e. The number of likely N-dealkylation sites (N-methyl/N-ethyl adjacent to an activating group) is 1. The average Bonchev–Trinajstić information content (AvgIpc) is 2.63. The van der Waals surface area contributed by atoms with Gasteiger partial charge >= 0.3 is 0 Å². The van der Waals surface area contributed by atoms with E-state index in [0.29, 0.717) is 6.54 Å². The van der Waals surface area contributed by atoms with Gasteiger partial charge in [0.1, 0.15) is 0 Å². The lowest BCUT2D eigenvalue weighted by Gasteiger charge is -2.13. The fourth-order valence-electron chi connectivity index (χ4n) is 1.13. The highest BCUT2D eigenvalue weighted by Crippen LogP contribution is 1.92. The third-order valence-corrected chi connectivity index (χ3v) is 1.95. The first-order valence-electron chi connectivity index (χ1n) is 4.64. The minimum Gasteiger partial charge on any atom is -0.325 e. The van der Waals surface area contributed by atoms with Gasteiger partial charge in [0, 0.05) is 25.8 Å². The van der Waals surface area contributed by atoms with Crippen molar-refractivity contribution in [2.75, 3.05) is 20.1 Å². The molecule has 0 atom stereocenters. The Bertz CT molecular complexity index is 280. The molecule has 0 amide bonds. The van der Waals surface area contributed by atoms with E-state index < -0.39 is 0 Å². The zero-order valence-corrected chi connectivity index (χ0v) is 8.56. The highest BCUT2D eigenvalue weighted by Gasteiger charge is 1.99. The summed E-state index contributed by atoms with van der Waals surface area (Å²) in [7, 11) is 2.04. The molecule has 0 saturated carbocycles. The number of aromatic nitrogens is 3. The van der Waals surface area contributed by atoms with Crippen LogP contribution in [0.25, 0.3) is 0 Å². The minimum absolute atomic E-state index is 0.447. The maximum atomic E-state index is 5.43. The molecule has 0 aliphatic rings. The molecular weight excluding hydrogens is 178 g/mol. The molecule has 0 fully saturated rings. The molecule has 5 nitrogen and oxygen atoms in total. The Morgan fingerprint density at radius 1 is 1.71 bits per heavy atom. The van der Waals surface area contributed by atoms with Crippen LogP contribution in [0.1, 0.15) is 5.69 Å². The Balaban J connectivity index is 2.33. The summed E-state index contributed by atoms with van der Waals surface area (Å²) in [5.74, 6) is 0. The zero-order chi connectivity index (χ0) is 10.4. The number of nitrogens with zero attached hydrogens (tertiary/aromatic N) is 4. The van der Waals surface area contributed by atoms with Gasteiger partial charge in [-0.25, -0.2) is 0 Å². The van der Waals surface area contributed by atoms with Crippen LogP contribution in [0, 0.1) is 0 Å². The summed E-state index contributed by atoms with van der Waals surface area (Å²) in [6.07, 6.45) is 3.76. The molecule has 1 rings (SSSR count). The van der Waals surface area contributed by atoms with Crippen LogP contribution >= 0.6 is 0 Å². The number of hydrogen-bond acceptors (Lipinski definition) is 4. The second-order valence-corrected chi connectivity index (χ2v) is 3.23. The van der Waals surface area contributed by atoms with Crippen LogP contribution in [0.4, 0.5) is 0 Å². The summed E-state index contributed by atoms with van der Waals surface area (Å²) in [6, 6.07) is 0. The van der Waals surface area contributed by atoms with Gasteiger partial charge in [-0.05, 0) is 7.05 Å². The molecule has 1 aromatic rings. The van der Waals surface area contributed by atoms with Crippen LogP contribution in [0.5, 0.6) is 0 Å². The molecule has 2 N–H and O–H groups in total. The molecule has 1 heterocycles. The quantitative estimate of drug-likeness (QED) is 0.642. The number of rotatable bonds is 6. The molecule has 78 valence electrons. The number of nitrogens with two attached hydrogens (primary N) is 1. The summed E-state index contributed by atoms with van der Waals surface area (Å²) in [6.45, 7) is 6.77. The first kappa shape index (κ1) is 10.9. The van der Waals surface area contributed by atoms with Gasteiger partial charge in [-0.1, -0.05) is 11.3 Å². The van der Waals surface area contributed by atoms with Gasteiger partial charge in [0.25, 0.3) is 0 Å². The highest BCUT2D eigenvalue weighted by atomic mass is 15.4. The van der Waals surface area contributed by atoms with Crippen molar-refractivity contribution < 1.29 is 0 Å². The fraction of sp³-hybridized carbons (Fsp3) is 0.556. The van der Waals surface area contributed by atoms with Gasteiger partial charge in [-0.3, -0.25) is 4.68 Å². The summed E-state index contributed by atoms with van der Waals surface area (Å²) in [4.78, 5) is 2.16. The zero-order valence-electron chi connectivity index (χ0n) is 8.56. The predicted molar refractivity (Wildman–Crippen MR) is 55.6 cm³/mol. The molecule has 0 bridgehead atoms. The van der Waals surface area contributed by atoms with Gasteiger partial charge in [0.15, 0.2) is 0 Å². The molecule has 0 saturated heterocycles. The second-order valence-electron chi connectivity index (χ2n) is 3.23. The van der Waals surface area contributed by atoms with Gasteiger partial charge in [0.05, 0.1) is 12.2 Å². The van der Waals surface area contributed by atoms with E-state index in [1.54, 1.807) is 0 Å². The highest BCUT2D eigenvalue weighted by molar-refractivity contribution is 4.90. The Morgan fingerprint density at radius 3 is 3.07 bits per heavy atom. The van der Waals surface area contributed by atoms with E-state index in [9.17, 15) is 0 Å². The van der Waals surface area contributed by atoms with Crippen molar-refractivity contribution in [1.82, 2.24) is 19.9 Å². The number of hydrogen-bond donors (Lipinski definition) is 1. The lowest BCUT2D eigenvalue weighted by molar-refractivity contribution is 0.340. The van der Waals surface area contributed by atoms with Crippen molar-refractivity contribution in [2.24, 2.45) is 5.73 Å². The standard InChI is InChI=1S/C9H17N5/c1-3-4-13(2)5-6-14-8-9(7-10)11-12-14/h3,8H,1,4-7,10H2,2H3. The van der Waals surface area contributed by atoms with Gasteiger partial charge < -0.3 is 10.6 Å². The SMILES string of the molecule is C=CCN(C)CCn1cc(CN)nn1. The molecule has 0 aliphatic heterocycles. The molecule has 14 heavy (non-hydrogen) atoms. The van der Waals surface area contributed by atoms with E-state index in [1.807, 2.05) is 24.0 Å². The van der Waals surface area contributed by atoms with E-state index in [-0.39, 0.29) is 0 Å². The third kappa shape index (κ3) is 3.27. The Hall–Kier alpha value is -1.20. The molecule has 0 aromatic carbocycles. The molecular formula is C9H17N5. The normalized spacial score (nSPS) is 10.8. The Morgan fingerprint density at radius 2 is 2.50 bits per heavy atom. The second kappa shape index (κ2) is 5.51. The molecule has 1 aromatic heterocycles. The van der Waals surface area contributed by atoms with Crippen molar-refractivity contribution in [3.05, 3.63) is 24.5 Å². The van der Waals surface area contributed by atoms with Crippen molar-refractivity contribution in [3.63, 3.8) is 0 Å². The Labute approximate surface area is 84.2 Å². The van der Waals surface area contributed by atoms with Gasteiger partial charge in [-0.15, -0.1) is 11.7 Å². The minimum atomic E-state index is 0.447. The molecule has 0 aliphatic carbocycles. The summed E-state index contributed by atoms with van der Waals surface area (Å²) < 4.78 is 1.81. The first-order chi connectivity index (χ1) is 6.76. The van der Waals surface area contributed by atoms with Crippen LogP contribution in [0.3, 0.4) is 0 Å². The van der Waals surface area contributed by atoms with Crippen molar-refractivity contribution in [1.29, 1.82) is 0 Å². The summed E-state index contributed by atoms with van der Waals surface area (Å²) in [5.41, 5.74) is 6.26. The third-order valence-electron chi connectivity index (χ3n) is 1.95. The van der Waals surface area contributed by atoms with E-state index >= 15 is 0 Å². The van der Waals surface area contributed by atoms with E-state index in [4.69, 9.17) is 5.73 Å². The van der Waals surface area contributed by atoms with Crippen LogP contribution in [-0.4, -0.2) is 40.0 Å². The van der Waals surface area contributed by atoms with Crippen LogP contribution < -0.4 is 5.73 Å². The van der Waals surface area contributed by atoms with Gasteiger partial charge in [0.2, 0.25) is 0 Å². The first-order valence-corrected chi connectivity index (χ1v) is 4.64. The lowest BCUT2D eigenvalue weighted by atomic mass is 10.4. The van der Waals surface area contributed by atoms with E-state index in [1.165, 1.54) is 0 Å². The van der Waals surface area contributed by atoms with Crippen molar-refractivity contribution >= 4 is 0 Å². The average molecular weight is 195 g/mol. The summed E-state index contributed by atoms with van der Waals surface area (Å²) >= 11 is 0. The monoisotopic (exact) mass is 195 g/mol. The molecule has 0 radical (unpaired) electrons. The lowest BCUT2D eigenvalue weighted by Crippen LogP contribution is -2.23. The molecule has 0 unspecified atom stereocenters. The van der Waals surface area contributed by atoms with E-state index in [2.05, 4.69) is 21.8 Å². The molecule has 0 spiro atoms. The maximum absolute atomic E-state index is 5.43. The Kier molecular flexibility index (Phi) is 4.28. The van der Waals surface area contributed by atoms with Crippen LogP contribution in [0.2, 0.25) is 0 Å². The topological polar surface area (TPSA) is 60.0 Å². The fourth-order valence-corrected chi connectivity index (χ4v) is 1.13. The van der Waals surface area contributed by atoms with Gasteiger partial charge in [-0.2, -0.15) is 0 Å². The van der Waals surface area contributed by atoms with E-state index in [0.717, 1.165) is 25.3 Å². The van der Waals surface area contributed by atoms with Crippen molar-refractivity contribution in [3.8, 4) is 0 Å².